The Morgan fingerprint density at radius 2 is 2.40 bits per heavy atom. The molecule has 0 aliphatic carbocycles. The van der Waals surface area contributed by atoms with Gasteiger partial charge < -0.3 is 16.2 Å². The Labute approximate surface area is 58.2 Å². The van der Waals surface area contributed by atoms with Crippen molar-refractivity contribution in [3.8, 4) is 0 Å². The molecular formula is C5H10N2O3. The highest BCUT2D eigenvalue weighted by Crippen LogP contribution is 1.84. The van der Waals surface area contributed by atoms with Gasteiger partial charge in [0, 0.05) is 6.54 Å². The molecule has 0 aliphatic heterocycles. The zero-order chi connectivity index (χ0) is 7.98. The van der Waals surface area contributed by atoms with Crippen molar-refractivity contribution in [1.82, 2.24) is 5.32 Å². The minimum Gasteiger partial charge on any atom is -0.480 e. The van der Waals surface area contributed by atoms with E-state index in [0.29, 0.717) is 13.0 Å². The standard InChI is InChI=1S/C5H10N2O3/c6-4(5(9)10)1-2-7-3-8/h3-4H,1-2,6H2,(H,7,8)(H,9,10)/t4-/m0/s1. The van der Waals surface area contributed by atoms with E-state index in [1.165, 1.54) is 0 Å². The van der Waals surface area contributed by atoms with Crippen LogP contribution in [-0.4, -0.2) is 30.1 Å². The number of nitrogens with two attached hydrogens (primary N) is 1. The summed E-state index contributed by atoms with van der Waals surface area (Å²) in [6, 6.07) is -0.882. The molecule has 0 aromatic heterocycles. The van der Waals surface area contributed by atoms with Crippen LogP contribution in [0.25, 0.3) is 0 Å². The summed E-state index contributed by atoms with van der Waals surface area (Å²) in [5.41, 5.74) is 5.10. The third kappa shape index (κ3) is 3.85. The summed E-state index contributed by atoms with van der Waals surface area (Å²) in [6.45, 7) is 0.303. The molecule has 0 saturated heterocycles. The van der Waals surface area contributed by atoms with Crippen molar-refractivity contribution in [2.75, 3.05) is 6.54 Å². The van der Waals surface area contributed by atoms with Crippen molar-refractivity contribution >= 4 is 12.4 Å². The first-order valence-corrected chi connectivity index (χ1v) is 2.84. The molecule has 1 atom stereocenters. The van der Waals surface area contributed by atoms with E-state index in [9.17, 15) is 9.59 Å². The molecule has 0 bridgehead atoms. The third-order valence-electron chi connectivity index (χ3n) is 1.00. The summed E-state index contributed by atoms with van der Waals surface area (Å²) in [5, 5.41) is 10.6. The van der Waals surface area contributed by atoms with Gasteiger partial charge in [-0.15, -0.1) is 0 Å². The fraction of sp³-hybridized carbons (Fsp3) is 0.600. The lowest BCUT2D eigenvalue weighted by Gasteiger charge is -2.03. The molecule has 10 heavy (non-hydrogen) atoms. The van der Waals surface area contributed by atoms with E-state index in [2.05, 4.69) is 5.32 Å². The Balaban J connectivity index is 3.30. The molecule has 1 amide bonds. The summed E-state index contributed by atoms with van der Waals surface area (Å²) in [7, 11) is 0. The Hall–Kier alpha value is -1.10. The molecule has 0 spiro atoms. The first-order chi connectivity index (χ1) is 4.68. The zero-order valence-electron chi connectivity index (χ0n) is 5.41. The molecule has 0 rings (SSSR count). The van der Waals surface area contributed by atoms with Gasteiger partial charge in [-0.05, 0) is 6.42 Å². The van der Waals surface area contributed by atoms with E-state index in [-0.39, 0.29) is 6.42 Å². The van der Waals surface area contributed by atoms with Gasteiger partial charge in [0.2, 0.25) is 6.41 Å². The minimum absolute atomic E-state index is 0.258. The smallest absolute Gasteiger partial charge is 0.320 e. The first kappa shape index (κ1) is 8.90. The third-order valence-corrected chi connectivity index (χ3v) is 1.00. The predicted molar refractivity (Wildman–Crippen MR) is 34.3 cm³/mol. The van der Waals surface area contributed by atoms with Gasteiger partial charge in [-0.1, -0.05) is 0 Å². The molecule has 0 saturated carbocycles. The number of carbonyl (C=O) groups is 2. The molecule has 5 heteroatoms. The predicted octanol–water partition coefficient (Wildman–Crippen LogP) is -1.47. The Bertz CT molecular complexity index is 126. The number of hydrogen-bond donors (Lipinski definition) is 3. The maximum atomic E-state index is 10.1. The van der Waals surface area contributed by atoms with Crippen LogP contribution in [-0.2, 0) is 9.59 Å². The fourth-order valence-corrected chi connectivity index (χ4v) is 0.421. The zero-order valence-corrected chi connectivity index (χ0v) is 5.41. The van der Waals surface area contributed by atoms with Crippen LogP contribution in [0, 0.1) is 0 Å². The largest absolute Gasteiger partial charge is 0.480 e. The van der Waals surface area contributed by atoms with Crippen molar-refractivity contribution in [3.63, 3.8) is 0 Å². The van der Waals surface area contributed by atoms with Gasteiger partial charge in [-0.3, -0.25) is 9.59 Å². The number of carbonyl (C=O) groups excluding carboxylic acids is 1. The van der Waals surface area contributed by atoms with Crippen molar-refractivity contribution in [3.05, 3.63) is 0 Å². The molecule has 58 valence electrons. The van der Waals surface area contributed by atoms with Crippen LogP contribution in [0.4, 0.5) is 0 Å². The normalized spacial score (nSPS) is 12.1. The van der Waals surface area contributed by atoms with Gasteiger partial charge >= 0.3 is 5.97 Å². The van der Waals surface area contributed by atoms with Crippen molar-refractivity contribution < 1.29 is 14.7 Å². The SMILES string of the molecule is N[C@@H](CCNC=O)C(=O)O. The van der Waals surface area contributed by atoms with Crippen molar-refractivity contribution in [1.29, 1.82) is 0 Å². The maximum absolute atomic E-state index is 10.1. The number of hydrogen-bond acceptors (Lipinski definition) is 3. The molecule has 4 N–H and O–H groups in total. The van der Waals surface area contributed by atoms with Crippen LogP contribution in [0.15, 0.2) is 0 Å². The monoisotopic (exact) mass is 146 g/mol. The first-order valence-electron chi connectivity index (χ1n) is 2.84. The molecule has 0 unspecified atom stereocenters. The number of aliphatic carboxylic acids is 1. The number of carboxylic acids is 1. The quantitative estimate of drug-likeness (QED) is 0.326. The van der Waals surface area contributed by atoms with Crippen LogP contribution in [0.5, 0.6) is 0 Å². The lowest BCUT2D eigenvalue weighted by molar-refractivity contribution is -0.138. The molecular weight excluding hydrogens is 136 g/mol. The number of nitrogens with one attached hydrogen (secondary N) is 1. The van der Waals surface area contributed by atoms with Gasteiger partial charge in [0.25, 0.3) is 0 Å². The van der Waals surface area contributed by atoms with Gasteiger partial charge in [0.1, 0.15) is 6.04 Å². The van der Waals surface area contributed by atoms with Gasteiger partial charge in [0.15, 0.2) is 0 Å². The molecule has 0 aromatic rings. The average Bonchev–Trinajstić information content (AvgIpc) is 1.88. The van der Waals surface area contributed by atoms with E-state index >= 15 is 0 Å². The topological polar surface area (TPSA) is 92.4 Å². The molecule has 5 nitrogen and oxygen atoms in total. The molecule has 0 aliphatic rings. The Morgan fingerprint density at radius 1 is 1.80 bits per heavy atom. The van der Waals surface area contributed by atoms with Crippen LogP contribution >= 0.6 is 0 Å². The summed E-state index contributed by atoms with van der Waals surface area (Å²) in [6.07, 6.45) is 0.767. The maximum Gasteiger partial charge on any atom is 0.320 e. The van der Waals surface area contributed by atoms with E-state index in [1.54, 1.807) is 0 Å². The highest BCUT2D eigenvalue weighted by molar-refractivity contribution is 5.73. The second-order valence-corrected chi connectivity index (χ2v) is 1.81. The summed E-state index contributed by atoms with van der Waals surface area (Å²) in [5.74, 6) is -1.05. The second-order valence-electron chi connectivity index (χ2n) is 1.81. The summed E-state index contributed by atoms with van der Waals surface area (Å²) < 4.78 is 0. The Morgan fingerprint density at radius 3 is 2.80 bits per heavy atom. The van der Waals surface area contributed by atoms with E-state index in [4.69, 9.17) is 10.8 Å². The van der Waals surface area contributed by atoms with Crippen LogP contribution in [0.2, 0.25) is 0 Å². The van der Waals surface area contributed by atoms with E-state index in [1.807, 2.05) is 0 Å². The summed E-state index contributed by atoms with van der Waals surface area (Å²) >= 11 is 0. The molecule has 0 aromatic carbocycles. The fourth-order valence-electron chi connectivity index (χ4n) is 0.421. The van der Waals surface area contributed by atoms with E-state index in [0.717, 1.165) is 0 Å². The molecule has 0 fully saturated rings. The highest BCUT2D eigenvalue weighted by Gasteiger charge is 2.09. The van der Waals surface area contributed by atoms with Crippen LogP contribution in [0.3, 0.4) is 0 Å². The lowest BCUT2D eigenvalue weighted by atomic mass is 10.2. The van der Waals surface area contributed by atoms with Gasteiger partial charge in [-0.2, -0.15) is 0 Å². The highest BCUT2D eigenvalue weighted by atomic mass is 16.4. The van der Waals surface area contributed by atoms with Gasteiger partial charge in [0.05, 0.1) is 0 Å². The number of amides is 1. The van der Waals surface area contributed by atoms with Crippen LogP contribution < -0.4 is 11.1 Å². The summed E-state index contributed by atoms with van der Waals surface area (Å²) in [4.78, 5) is 19.7. The number of rotatable bonds is 5. The van der Waals surface area contributed by atoms with Crippen molar-refractivity contribution in [2.24, 2.45) is 5.73 Å². The molecule has 0 radical (unpaired) electrons. The Kier molecular flexibility index (Phi) is 4.23. The second kappa shape index (κ2) is 4.75. The van der Waals surface area contributed by atoms with E-state index < -0.39 is 12.0 Å². The number of carboxylic acid groups (broad SMARTS) is 1. The van der Waals surface area contributed by atoms with Crippen molar-refractivity contribution in [2.45, 2.75) is 12.5 Å². The molecule has 0 heterocycles. The minimum atomic E-state index is -1.05. The van der Waals surface area contributed by atoms with Gasteiger partial charge in [-0.25, -0.2) is 0 Å². The lowest BCUT2D eigenvalue weighted by Crippen LogP contribution is -2.33. The average molecular weight is 146 g/mol. The van der Waals surface area contributed by atoms with Crippen LogP contribution in [0.1, 0.15) is 6.42 Å².